The van der Waals surface area contributed by atoms with Gasteiger partial charge in [0.25, 0.3) is 5.91 Å². The van der Waals surface area contributed by atoms with Gasteiger partial charge in [-0.05, 0) is 54.3 Å². The summed E-state index contributed by atoms with van der Waals surface area (Å²) in [7, 11) is 0. The van der Waals surface area contributed by atoms with Gasteiger partial charge in [-0.2, -0.15) is 5.26 Å². The summed E-state index contributed by atoms with van der Waals surface area (Å²) >= 11 is 12.6. The van der Waals surface area contributed by atoms with Gasteiger partial charge in [-0.15, -0.1) is 0 Å². The molecule has 1 fully saturated rings. The molecule has 0 aliphatic heterocycles. The summed E-state index contributed by atoms with van der Waals surface area (Å²) in [6, 6.07) is 11.1. The number of halogens is 3. The number of nitrogens with one attached hydrogen (secondary N) is 1. The molecule has 29 heavy (non-hydrogen) atoms. The summed E-state index contributed by atoms with van der Waals surface area (Å²) in [6.45, 7) is 0.169. The number of carbonyl (C=O) groups excluding carboxylic acids is 1. The third kappa shape index (κ3) is 5.72. The first-order valence-electron chi connectivity index (χ1n) is 9.25. The number of ether oxygens (including phenoxy) is 1. The maximum atomic E-state index is 13.0. The van der Waals surface area contributed by atoms with Gasteiger partial charge in [0.15, 0.2) is 5.75 Å². The Balaban J connectivity index is 1.73. The molecular formula is C22H19Cl2FN2O2. The lowest BCUT2D eigenvalue weighted by molar-refractivity contribution is -0.117. The largest absolute Gasteiger partial charge is 0.486 e. The Hall–Kier alpha value is -2.55. The van der Waals surface area contributed by atoms with Crippen LogP contribution in [0.1, 0.15) is 36.8 Å². The minimum atomic E-state index is -0.400. The van der Waals surface area contributed by atoms with Crippen LogP contribution in [0.2, 0.25) is 10.0 Å². The molecule has 1 saturated carbocycles. The molecule has 0 saturated heterocycles. The number of nitrogens with zero attached hydrogens (tertiary/aromatic N) is 1. The van der Waals surface area contributed by atoms with E-state index in [0.29, 0.717) is 5.56 Å². The highest BCUT2D eigenvalue weighted by atomic mass is 35.5. The first-order chi connectivity index (χ1) is 14.0. The van der Waals surface area contributed by atoms with Crippen molar-refractivity contribution >= 4 is 35.2 Å². The van der Waals surface area contributed by atoms with Crippen LogP contribution >= 0.6 is 23.2 Å². The van der Waals surface area contributed by atoms with Gasteiger partial charge in [-0.3, -0.25) is 4.79 Å². The van der Waals surface area contributed by atoms with Gasteiger partial charge in [-0.1, -0.05) is 48.2 Å². The molecule has 0 aromatic heterocycles. The van der Waals surface area contributed by atoms with Crippen LogP contribution in [0.3, 0.4) is 0 Å². The van der Waals surface area contributed by atoms with Crippen molar-refractivity contribution in [1.29, 1.82) is 5.26 Å². The molecule has 1 aliphatic rings. The average Bonchev–Trinajstić information content (AvgIpc) is 3.19. The van der Waals surface area contributed by atoms with Gasteiger partial charge in [0.2, 0.25) is 0 Å². The van der Waals surface area contributed by atoms with Gasteiger partial charge in [-0.25, -0.2) is 4.39 Å². The van der Waals surface area contributed by atoms with Crippen LogP contribution < -0.4 is 10.1 Å². The predicted molar refractivity (Wildman–Crippen MR) is 111 cm³/mol. The van der Waals surface area contributed by atoms with Crippen molar-refractivity contribution in [3.63, 3.8) is 0 Å². The number of hydrogen-bond donors (Lipinski definition) is 1. The van der Waals surface area contributed by atoms with E-state index in [1.165, 1.54) is 18.2 Å². The minimum Gasteiger partial charge on any atom is -0.486 e. The van der Waals surface area contributed by atoms with Crippen LogP contribution in [0, 0.1) is 17.1 Å². The topological polar surface area (TPSA) is 62.1 Å². The lowest BCUT2D eigenvalue weighted by atomic mass is 10.1. The molecule has 2 aromatic carbocycles. The second kappa shape index (κ2) is 9.78. The Morgan fingerprint density at radius 1 is 1.21 bits per heavy atom. The van der Waals surface area contributed by atoms with E-state index < -0.39 is 5.91 Å². The zero-order valence-electron chi connectivity index (χ0n) is 15.6. The monoisotopic (exact) mass is 432 g/mol. The van der Waals surface area contributed by atoms with Crippen LogP contribution in [-0.2, 0) is 11.4 Å². The molecule has 4 nitrogen and oxygen atoms in total. The Morgan fingerprint density at radius 3 is 2.41 bits per heavy atom. The Kier molecular flexibility index (Phi) is 7.13. The fraction of sp³-hybridized carbons (Fsp3) is 0.273. The molecule has 0 heterocycles. The van der Waals surface area contributed by atoms with Crippen LogP contribution in [0.5, 0.6) is 5.75 Å². The Labute approximate surface area is 178 Å². The maximum Gasteiger partial charge on any atom is 0.262 e. The maximum absolute atomic E-state index is 13.0. The van der Waals surface area contributed by atoms with Gasteiger partial charge in [0, 0.05) is 6.04 Å². The van der Waals surface area contributed by atoms with E-state index >= 15 is 0 Å². The quantitative estimate of drug-likeness (QED) is 0.471. The summed E-state index contributed by atoms with van der Waals surface area (Å²) in [6.07, 6.45) is 5.48. The molecule has 3 rings (SSSR count). The third-order valence-electron chi connectivity index (χ3n) is 4.68. The lowest BCUT2D eigenvalue weighted by Crippen LogP contribution is -2.33. The van der Waals surface area contributed by atoms with Crippen molar-refractivity contribution in [1.82, 2.24) is 5.32 Å². The summed E-state index contributed by atoms with van der Waals surface area (Å²) in [5.41, 5.74) is 1.27. The lowest BCUT2D eigenvalue weighted by Gasteiger charge is -2.12. The molecule has 7 heteroatoms. The fourth-order valence-corrected chi connectivity index (χ4v) is 3.80. The molecule has 150 valence electrons. The Morgan fingerprint density at radius 2 is 1.83 bits per heavy atom. The standard InChI is InChI=1S/C22H19Cl2FN2O2/c23-19-10-15(9-16(12-26)22(28)27-18-3-1-2-4-18)11-20(24)21(19)29-13-14-5-7-17(25)8-6-14/h5-11,18H,1-4,13H2,(H,27,28)/b16-9-. The number of nitriles is 1. The predicted octanol–water partition coefficient (Wildman–Crippen LogP) is 5.68. The van der Waals surface area contributed by atoms with Gasteiger partial charge >= 0.3 is 0 Å². The molecule has 2 aromatic rings. The normalized spacial score (nSPS) is 14.5. The van der Waals surface area contributed by atoms with Crippen LogP contribution in [0.25, 0.3) is 6.08 Å². The van der Waals surface area contributed by atoms with E-state index in [0.717, 1.165) is 31.2 Å². The van der Waals surface area contributed by atoms with Gasteiger partial charge in [0.05, 0.1) is 10.0 Å². The highest BCUT2D eigenvalue weighted by molar-refractivity contribution is 6.37. The van der Waals surface area contributed by atoms with Crippen molar-refractivity contribution in [3.8, 4) is 11.8 Å². The third-order valence-corrected chi connectivity index (χ3v) is 5.25. The highest BCUT2D eigenvalue weighted by Crippen LogP contribution is 2.35. The van der Waals surface area contributed by atoms with Crippen molar-refractivity contribution in [2.75, 3.05) is 0 Å². The molecule has 0 unspecified atom stereocenters. The van der Waals surface area contributed by atoms with Crippen LogP contribution in [0.4, 0.5) is 4.39 Å². The van der Waals surface area contributed by atoms with Crippen LogP contribution in [-0.4, -0.2) is 11.9 Å². The van der Waals surface area contributed by atoms with E-state index in [9.17, 15) is 14.4 Å². The average molecular weight is 433 g/mol. The summed E-state index contributed by atoms with van der Waals surface area (Å²) in [5.74, 6) is -0.446. The molecule has 0 radical (unpaired) electrons. The van der Waals surface area contributed by atoms with E-state index in [2.05, 4.69) is 5.32 Å². The molecule has 1 N–H and O–H groups in total. The zero-order valence-corrected chi connectivity index (χ0v) is 17.1. The number of hydrogen-bond acceptors (Lipinski definition) is 3. The van der Waals surface area contributed by atoms with Crippen molar-refractivity contribution in [2.45, 2.75) is 38.3 Å². The summed E-state index contributed by atoms with van der Waals surface area (Å²) in [4.78, 5) is 12.3. The molecule has 0 atom stereocenters. The molecule has 0 spiro atoms. The zero-order chi connectivity index (χ0) is 20.8. The summed E-state index contributed by atoms with van der Waals surface area (Å²) < 4.78 is 18.7. The second-order valence-corrected chi connectivity index (χ2v) is 7.67. The van der Waals surface area contributed by atoms with Crippen LogP contribution in [0.15, 0.2) is 42.0 Å². The van der Waals surface area contributed by atoms with E-state index in [-0.39, 0.29) is 39.8 Å². The molecule has 1 aliphatic carbocycles. The van der Waals surface area contributed by atoms with Gasteiger partial charge < -0.3 is 10.1 Å². The smallest absolute Gasteiger partial charge is 0.262 e. The number of benzene rings is 2. The molecule has 0 bridgehead atoms. The van der Waals surface area contributed by atoms with Crippen molar-refractivity contribution in [3.05, 3.63) is 69.0 Å². The number of carbonyl (C=O) groups is 1. The van der Waals surface area contributed by atoms with Crippen molar-refractivity contribution in [2.24, 2.45) is 0 Å². The van der Waals surface area contributed by atoms with E-state index in [1.807, 2.05) is 6.07 Å². The minimum absolute atomic E-state index is 0.0102. The summed E-state index contributed by atoms with van der Waals surface area (Å²) in [5, 5.41) is 12.7. The number of amides is 1. The highest BCUT2D eigenvalue weighted by Gasteiger charge is 2.19. The number of rotatable bonds is 6. The second-order valence-electron chi connectivity index (χ2n) is 6.85. The first kappa shape index (κ1) is 21.2. The molecule has 1 amide bonds. The van der Waals surface area contributed by atoms with Crippen molar-refractivity contribution < 1.29 is 13.9 Å². The first-order valence-corrected chi connectivity index (χ1v) is 10.0. The van der Waals surface area contributed by atoms with Gasteiger partial charge in [0.1, 0.15) is 24.1 Å². The van der Waals surface area contributed by atoms with E-state index in [1.54, 1.807) is 24.3 Å². The molecular weight excluding hydrogens is 414 g/mol. The SMILES string of the molecule is N#C/C(=C/c1cc(Cl)c(OCc2ccc(F)cc2)c(Cl)c1)C(=O)NC1CCCC1. The fourth-order valence-electron chi connectivity index (χ4n) is 3.19. The Bertz CT molecular complexity index is 939. The van der Waals surface area contributed by atoms with E-state index in [4.69, 9.17) is 27.9 Å².